The van der Waals surface area contributed by atoms with Crippen LogP contribution in [-0.2, 0) is 61.8 Å². The molecule has 2 amide bonds. The lowest BCUT2D eigenvalue weighted by Crippen LogP contribution is -2.73. The first kappa shape index (κ1) is 56.4. The first-order chi connectivity index (χ1) is 32.1. The van der Waals surface area contributed by atoms with Gasteiger partial charge in [-0.3, -0.25) is 9.59 Å². The molecule has 68 heavy (non-hydrogen) atoms. The fraction of sp³-hybridized carbons (Fsp3) is 0.921. The summed E-state index contributed by atoms with van der Waals surface area (Å²) in [7, 11) is 0. The number of aliphatic carboxylic acids is 1. The Hall–Kier alpha value is -2.55. The third kappa shape index (κ3) is 12.2. The molecule has 0 spiro atoms. The molecule has 30 heteroatoms. The number of carboxylic acids is 1. The topological polar surface area (TPSA) is 474 Å². The standard InChI is InChI=1S/C38H64N2O28/c1-4-59-35-26(55)31(23(52)16(7-42)61-35)66-33-20(40-12(3)46)30(65-34-25(54)21(50)15(49)10-60-34)28(18(9-44)63-33)64-36-27(56)32(24(53)17(8-43)62-36)68-38(37(57)58)5-13(47)19(39-11(2)45)29(67-38)22(51)14(48)6-41/h13-36,41-44,47-56H,4-10H2,1-3H3,(H,39,45)(H,40,46)(H,57,58)/p-1/t13-,14+,15+,16+,17+,18+,19+,20+,21+,22-,23-,24-,25-,26+,27+,28+,29+,30+,31-,32-,33-,34-,35+,36-,38-/m0/s1. The average molecular weight is 996 g/mol. The number of hydrogen-bond acceptors (Lipinski definition) is 28. The van der Waals surface area contributed by atoms with Gasteiger partial charge < -0.3 is 139 Å². The third-order valence-corrected chi connectivity index (χ3v) is 12.0. The fourth-order valence-corrected chi connectivity index (χ4v) is 8.52. The minimum Gasteiger partial charge on any atom is -0.544 e. The molecule has 0 aromatic heterocycles. The molecule has 5 heterocycles. The smallest absolute Gasteiger partial charge is 0.217 e. The summed E-state index contributed by atoms with van der Waals surface area (Å²) < 4.78 is 57.5. The van der Waals surface area contributed by atoms with E-state index in [1.807, 2.05) is 0 Å². The van der Waals surface area contributed by atoms with Gasteiger partial charge >= 0.3 is 0 Å². The molecule has 30 nitrogen and oxygen atoms in total. The van der Waals surface area contributed by atoms with Crippen molar-refractivity contribution in [2.75, 3.05) is 39.6 Å². The predicted molar refractivity (Wildman–Crippen MR) is 208 cm³/mol. The molecule has 0 aromatic carbocycles. The molecule has 5 saturated heterocycles. The molecule has 0 aliphatic carbocycles. The number of aliphatic hydroxyl groups excluding tert-OH is 14. The van der Waals surface area contributed by atoms with Crippen LogP contribution in [0.2, 0.25) is 0 Å². The van der Waals surface area contributed by atoms with Crippen LogP contribution in [0.1, 0.15) is 27.2 Å². The Bertz CT molecular complexity index is 1640. The third-order valence-electron chi connectivity index (χ3n) is 12.0. The van der Waals surface area contributed by atoms with E-state index in [0.29, 0.717) is 0 Å². The van der Waals surface area contributed by atoms with Crippen LogP contribution in [0.5, 0.6) is 0 Å². The van der Waals surface area contributed by atoms with Gasteiger partial charge in [-0.05, 0) is 6.92 Å². The summed E-state index contributed by atoms with van der Waals surface area (Å²) in [5.41, 5.74) is 0. The van der Waals surface area contributed by atoms with Crippen LogP contribution in [0.25, 0.3) is 0 Å². The van der Waals surface area contributed by atoms with Crippen LogP contribution in [-0.4, -0.2) is 282 Å². The van der Waals surface area contributed by atoms with Crippen molar-refractivity contribution in [3.8, 4) is 0 Å². The van der Waals surface area contributed by atoms with E-state index in [-0.39, 0.29) is 6.61 Å². The van der Waals surface area contributed by atoms with Crippen LogP contribution in [0.3, 0.4) is 0 Å². The first-order valence-corrected chi connectivity index (χ1v) is 21.6. The van der Waals surface area contributed by atoms with E-state index in [1.54, 1.807) is 6.92 Å². The summed E-state index contributed by atoms with van der Waals surface area (Å²) in [6.45, 7) is -1.31. The van der Waals surface area contributed by atoms with Gasteiger partial charge in [0.1, 0.15) is 116 Å². The molecule has 0 radical (unpaired) electrons. The number of nitrogens with one attached hydrogen (secondary N) is 2. The molecule has 0 unspecified atom stereocenters. The van der Waals surface area contributed by atoms with Crippen LogP contribution in [0.4, 0.5) is 0 Å². The highest BCUT2D eigenvalue weighted by atomic mass is 16.8. The Kier molecular flexibility index (Phi) is 20.1. The zero-order chi connectivity index (χ0) is 50.5. The first-order valence-electron chi connectivity index (χ1n) is 21.6. The van der Waals surface area contributed by atoms with E-state index in [4.69, 9.17) is 47.4 Å². The van der Waals surface area contributed by atoms with Crippen molar-refractivity contribution in [1.82, 2.24) is 10.6 Å². The molecule has 394 valence electrons. The number of ether oxygens (including phenoxy) is 10. The Morgan fingerprint density at radius 2 is 1.18 bits per heavy atom. The summed E-state index contributed by atoms with van der Waals surface area (Å²) >= 11 is 0. The van der Waals surface area contributed by atoms with Crippen molar-refractivity contribution in [2.45, 2.75) is 180 Å². The molecular formula is C38H63N2O28-. The summed E-state index contributed by atoms with van der Waals surface area (Å²) in [6.07, 6.45) is -44.2. The lowest BCUT2D eigenvalue weighted by molar-refractivity contribution is -0.413. The average Bonchev–Trinajstić information content (AvgIpc) is 3.29. The van der Waals surface area contributed by atoms with Gasteiger partial charge in [0.25, 0.3) is 0 Å². The highest BCUT2D eigenvalue weighted by molar-refractivity contribution is 5.75. The summed E-state index contributed by atoms with van der Waals surface area (Å²) in [5, 5.41) is 168. The molecule has 16 N–H and O–H groups in total. The normalized spacial score (nSPS) is 45.5. The van der Waals surface area contributed by atoms with Gasteiger partial charge in [-0.25, -0.2) is 0 Å². The van der Waals surface area contributed by atoms with Crippen LogP contribution in [0.15, 0.2) is 0 Å². The van der Waals surface area contributed by atoms with Gasteiger partial charge in [0.05, 0.1) is 45.2 Å². The van der Waals surface area contributed by atoms with Crippen molar-refractivity contribution in [2.24, 2.45) is 0 Å². The highest BCUT2D eigenvalue weighted by Crippen LogP contribution is 2.39. The van der Waals surface area contributed by atoms with Crippen LogP contribution >= 0.6 is 0 Å². The largest absolute Gasteiger partial charge is 0.544 e. The number of aliphatic hydroxyl groups is 14. The van der Waals surface area contributed by atoms with Crippen molar-refractivity contribution in [3.63, 3.8) is 0 Å². The van der Waals surface area contributed by atoms with Crippen LogP contribution in [0, 0.1) is 0 Å². The number of carbonyl (C=O) groups is 3. The van der Waals surface area contributed by atoms with Crippen molar-refractivity contribution >= 4 is 17.8 Å². The second-order valence-corrected chi connectivity index (χ2v) is 16.8. The number of hydrogen-bond donors (Lipinski definition) is 16. The number of rotatable bonds is 19. The fourth-order valence-electron chi connectivity index (χ4n) is 8.52. The lowest BCUT2D eigenvalue weighted by Gasteiger charge is -2.53. The number of amides is 2. The van der Waals surface area contributed by atoms with Gasteiger partial charge in [0.2, 0.25) is 17.6 Å². The van der Waals surface area contributed by atoms with Crippen molar-refractivity contribution in [1.29, 1.82) is 0 Å². The molecule has 0 saturated carbocycles. The van der Waals surface area contributed by atoms with Crippen molar-refractivity contribution < 1.29 is 138 Å². The summed E-state index contributed by atoms with van der Waals surface area (Å²) in [6, 6.07) is -3.45. The van der Waals surface area contributed by atoms with Gasteiger partial charge in [0, 0.05) is 26.9 Å². The van der Waals surface area contributed by atoms with E-state index in [9.17, 15) is 91.0 Å². The van der Waals surface area contributed by atoms with E-state index in [1.165, 1.54) is 0 Å². The van der Waals surface area contributed by atoms with Gasteiger partial charge in [-0.1, -0.05) is 0 Å². The van der Waals surface area contributed by atoms with Gasteiger partial charge in [-0.2, -0.15) is 0 Å². The highest BCUT2D eigenvalue weighted by Gasteiger charge is 2.59. The minimum atomic E-state index is -3.30. The van der Waals surface area contributed by atoms with Crippen molar-refractivity contribution in [3.05, 3.63) is 0 Å². The second kappa shape index (κ2) is 24.2. The monoisotopic (exact) mass is 995 g/mol. The molecule has 25 atom stereocenters. The predicted octanol–water partition coefficient (Wildman–Crippen LogP) is -12.1. The Balaban J connectivity index is 1.54. The summed E-state index contributed by atoms with van der Waals surface area (Å²) in [4.78, 5) is 37.9. The molecule has 5 aliphatic rings. The van der Waals surface area contributed by atoms with Crippen LogP contribution < -0.4 is 15.7 Å². The second-order valence-electron chi connectivity index (χ2n) is 16.8. The Labute approximate surface area is 386 Å². The molecule has 0 aromatic rings. The minimum absolute atomic E-state index is 0.0291. The molecule has 5 rings (SSSR count). The lowest BCUT2D eigenvalue weighted by atomic mass is 9.88. The van der Waals surface area contributed by atoms with E-state index >= 15 is 0 Å². The van der Waals surface area contributed by atoms with E-state index in [2.05, 4.69) is 10.6 Å². The zero-order valence-corrected chi connectivity index (χ0v) is 36.8. The molecule has 0 bridgehead atoms. The maximum atomic E-state index is 12.9. The molecule has 5 aliphatic heterocycles. The van der Waals surface area contributed by atoms with E-state index in [0.717, 1.165) is 13.8 Å². The molecular weight excluding hydrogens is 932 g/mol. The zero-order valence-electron chi connectivity index (χ0n) is 36.8. The quantitative estimate of drug-likeness (QED) is 0.0571. The van der Waals surface area contributed by atoms with E-state index < -0.39 is 210 Å². The maximum absolute atomic E-state index is 12.9. The van der Waals surface area contributed by atoms with Gasteiger partial charge in [0.15, 0.2) is 25.2 Å². The Morgan fingerprint density at radius 1 is 0.647 bits per heavy atom. The van der Waals surface area contributed by atoms with Gasteiger partial charge in [-0.15, -0.1) is 0 Å². The number of carboxylic acid groups (broad SMARTS) is 1. The Morgan fingerprint density at radius 3 is 1.74 bits per heavy atom. The summed E-state index contributed by atoms with van der Waals surface area (Å²) in [5.74, 6) is -7.30. The maximum Gasteiger partial charge on any atom is 0.217 e. The number of carbonyl (C=O) groups excluding carboxylic acids is 3. The molecule has 5 fully saturated rings. The SMILES string of the molecule is CCO[C@@H]1O[C@H](CO)[C@H](O)[C@H](O[C@@H]2O[C@H](CO)[C@@H](O[C@@H]3O[C@H](CO)[C@H](O)[C@H](O[C@]4(C(=O)[O-])C[C@H](O)[C@@H](NC(C)=O)[C@H]([C@@H](O)[C@H](O)CO)O4)[C@H]3O)[C@H](O[C@@H]3OC[C@@H](O)[C@@H](O)[C@@H]3O)[C@H]2NC(C)=O)[C@H]1O.